The number of rotatable bonds is 4. The Balaban J connectivity index is 1.66. The third kappa shape index (κ3) is 3.79. The number of para-hydroxylation sites is 1. The van der Waals surface area contributed by atoms with Crippen LogP contribution in [0.5, 0.6) is 11.5 Å². The molecule has 3 aromatic rings. The second-order valence-corrected chi connectivity index (χ2v) is 5.08. The van der Waals surface area contributed by atoms with Crippen LogP contribution in [0, 0.1) is 11.3 Å². The summed E-state index contributed by atoms with van der Waals surface area (Å²) < 4.78 is 5.69. The lowest BCUT2D eigenvalue weighted by Gasteiger charge is -2.08. The highest BCUT2D eigenvalue weighted by Gasteiger charge is 2.06. The molecule has 24 heavy (non-hydrogen) atoms. The molecule has 0 aliphatic carbocycles. The zero-order chi connectivity index (χ0) is 16.8. The monoisotopic (exact) mass is 314 g/mol. The van der Waals surface area contributed by atoms with Gasteiger partial charge in [0.25, 0.3) is 5.91 Å². The Bertz CT molecular complexity index is 864. The molecule has 3 aromatic carbocycles. The number of amides is 1. The first-order valence-corrected chi connectivity index (χ1v) is 7.39. The van der Waals surface area contributed by atoms with Crippen LogP contribution in [0.2, 0.25) is 0 Å². The number of carbonyl (C=O) groups is 1. The average molecular weight is 314 g/mol. The summed E-state index contributed by atoms with van der Waals surface area (Å²) in [6.45, 7) is 0. The number of benzene rings is 3. The van der Waals surface area contributed by atoms with Crippen LogP contribution in [0.15, 0.2) is 78.9 Å². The Hall–Kier alpha value is -3.58. The number of hydrogen-bond acceptors (Lipinski definition) is 3. The molecule has 0 fully saturated rings. The molecule has 0 aliphatic rings. The standard InChI is InChI=1S/C20H14N2O2/c21-14-15-6-10-18(11-7-15)24-19-12-8-16(9-13-19)20(23)22-17-4-2-1-3-5-17/h1-13H,(H,22,23). The van der Waals surface area contributed by atoms with E-state index in [4.69, 9.17) is 10.00 Å². The lowest BCUT2D eigenvalue weighted by atomic mass is 10.2. The van der Waals surface area contributed by atoms with E-state index in [1.54, 1.807) is 48.5 Å². The fourth-order valence-electron chi connectivity index (χ4n) is 2.13. The van der Waals surface area contributed by atoms with Gasteiger partial charge in [-0.2, -0.15) is 5.26 Å². The molecule has 3 rings (SSSR count). The van der Waals surface area contributed by atoms with E-state index in [0.29, 0.717) is 22.6 Å². The SMILES string of the molecule is N#Cc1ccc(Oc2ccc(C(=O)Nc3ccccc3)cc2)cc1. The van der Waals surface area contributed by atoms with Crippen LogP contribution < -0.4 is 10.1 Å². The zero-order valence-corrected chi connectivity index (χ0v) is 12.8. The van der Waals surface area contributed by atoms with E-state index in [9.17, 15) is 4.79 Å². The topological polar surface area (TPSA) is 62.1 Å². The molecule has 4 heteroatoms. The number of nitrogens with zero attached hydrogens (tertiary/aromatic N) is 1. The maximum Gasteiger partial charge on any atom is 0.255 e. The zero-order valence-electron chi connectivity index (χ0n) is 12.8. The molecule has 0 aromatic heterocycles. The van der Waals surface area contributed by atoms with Gasteiger partial charge in [0.2, 0.25) is 0 Å². The smallest absolute Gasteiger partial charge is 0.255 e. The highest BCUT2D eigenvalue weighted by Crippen LogP contribution is 2.22. The van der Waals surface area contributed by atoms with Gasteiger partial charge in [-0.25, -0.2) is 0 Å². The second-order valence-electron chi connectivity index (χ2n) is 5.08. The van der Waals surface area contributed by atoms with Crippen molar-refractivity contribution in [3.63, 3.8) is 0 Å². The molecule has 0 spiro atoms. The van der Waals surface area contributed by atoms with Crippen molar-refractivity contribution in [3.8, 4) is 17.6 Å². The van der Waals surface area contributed by atoms with Gasteiger partial charge in [-0.15, -0.1) is 0 Å². The molecule has 0 bridgehead atoms. The molecular formula is C20H14N2O2. The normalized spacial score (nSPS) is 9.79. The molecule has 0 unspecified atom stereocenters. The Morgan fingerprint density at radius 1 is 0.833 bits per heavy atom. The van der Waals surface area contributed by atoms with Crippen molar-refractivity contribution in [1.82, 2.24) is 0 Å². The quantitative estimate of drug-likeness (QED) is 0.765. The first-order chi connectivity index (χ1) is 11.7. The summed E-state index contributed by atoms with van der Waals surface area (Å²) in [6, 6.07) is 25.1. The minimum atomic E-state index is -0.175. The largest absolute Gasteiger partial charge is 0.457 e. The summed E-state index contributed by atoms with van der Waals surface area (Å²) >= 11 is 0. The highest BCUT2D eigenvalue weighted by atomic mass is 16.5. The van der Waals surface area contributed by atoms with Crippen molar-refractivity contribution in [1.29, 1.82) is 5.26 Å². The Morgan fingerprint density at radius 3 is 2.00 bits per heavy atom. The number of carbonyl (C=O) groups excluding carboxylic acids is 1. The minimum Gasteiger partial charge on any atom is -0.457 e. The van der Waals surface area contributed by atoms with E-state index in [-0.39, 0.29) is 5.91 Å². The van der Waals surface area contributed by atoms with Gasteiger partial charge in [0.15, 0.2) is 0 Å². The van der Waals surface area contributed by atoms with Crippen LogP contribution in [-0.2, 0) is 0 Å². The van der Waals surface area contributed by atoms with E-state index in [1.807, 2.05) is 30.3 Å². The predicted octanol–water partition coefficient (Wildman–Crippen LogP) is 4.60. The van der Waals surface area contributed by atoms with Crippen molar-refractivity contribution < 1.29 is 9.53 Å². The van der Waals surface area contributed by atoms with Crippen LogP contribution in [0.4, 0.5) is 5.69 Å². The molecule has 0 atom stereocenters. The molecular weight excluding hydrogens is 300 g/mol. The predicted molar refractivity (Wildman–Crippen MR) is 92.1 cm³/mol. The third-order valence-corrected chi connectivity index (χ3v) is 3.37. The Morgan fingerprint density at radius 2 is 1.42 bits per heavy atom. The molecule has 1 N–H and O–H groups in total. The molecule has 116 valence electrons. The maximum atomic E-state index is 12.2. The molecule has 0 aliphatic heterocycles. The number of nitriles is 1. The van der Waals surface area contributed by atoms with E-state index < -0.39 is 0 Å². The summed E-state index contributed by atoms with van der Waals surface area (Å²) in [5.74, 6) is 1.08. The second kappa shape index (κ2) is 7.12. The summed E-state index contributed by atoms with van der Waals surface area (Å²) in [7, 11) is 0. The van der Waals surface area contributed by atoms with E-state index in [0.717, 1.165) is 5.69 Å². The Kier molecular flexibility index (Phi) is 4.55. The molecule has 1 amide bonds. The van der Waals surface area contributed by atoms with Gasteiger partial charge in [-0.1, -0.05) is 18.2 Å². The number of nitrogens with one attached hydrogen (secondary N) is 1. The van der Waals surface area contributed by atoms with E-state index in [1.165, 1.54) is 0 Å². The van der Waals surface area contributed by atoms with Gasteiger partial charge in [0.1, 0.15) is 11.5 Å². The third-order valence-electron chi connectivity index (χ3n) is 3.37. The first-order valence-electron chi connectivity index (χ1n) is 7.39. The van der Waals surface area contributed by atoms with E-state index >= 15 is 0 Å². The van der Waals surface area contributed by atoms with Crippen molar-refractivity contribution >= 4 is 11.6 Å². The fourth-order valence-corrected chi connectivity index (χ4v) is 2.13. The summed E-state index contributed by atoms with van der Waals surface area (Å²) in [4.78, 5) is 12.2. The van der Waals surface area contributed by atoms with Crippen LogP contribution in [0.25, 0.3) is 0 Å². The minimum absolute atomic E-state index is 0.175. The van der Waals surface area contributed by atoms with Crippen molar-refractivity contribution in [2.75, 3.05) is 5.32 Å². The number of anilines is 1. The van der Waals surface area contributed by atoms with Gasteiger partial charge in [-0.05, 0) is 60.7 Å². The van der Waals surface area contributed by atoms with Crippen molar-refractivity contribution in [3.05, 3.63) is 90.0 Å². The van der Waals surface area contributed by atoms with Crippen LogP contribution >= 0.6 is 0 Å². The molecule has 0 saturated heterocycles. The van der Waals surface area contributed by atoms with Crippen LogP contribution in [0.1, 0.15) is 15.9 Å². The lowest BCUT2D eigenvalue weighted by Crippen LogP contribution is -2.11. The number of ether oxygens (including phenoxy) is 1. The lowest BCUT2D eigenvalue weighted by molar-refractivity contribution is 0.102. The maximum absolute atomic E-state index is 12.2. The Labute approximate surface area is 139 Å². The van der Waals surface area contributed by atoms with Crippen molar-refractivity contribution in [2.24, 2.45) is 0 Å². The molecule has 0 heterocycles. The number of hydrogen-bond donors (Lipinski definition) is 1. The highest BCUT2D eigenvalue weighted by molar-refractivity contribution is 6.04. The van der Waals surface area contributed by atoms with E-state index in [2.05, 4.69) is 11.4 Å². The van der Waals surface area contributed by atoms with Crippen LogP contribution in [0.3, 0.4) is 0 Å². The fraction of sp³-hybridized carbons (Fsp3) is 0. The van der Waals surface area contributed by atoms with Gasteiger partial charge < -0.3 is 10.1 Å². The van der Waals surface area contributed by atoms with Crippen molar-refractivity contribution in [2.45, 2.75) is 0 Å². The molecule has 0 radical (unpaired) electrons. The van der Waals surface area contributed by atoms with Crippen LogP contribution in [-0.4, -0.2) is 5.91 Å². The van der Waals surface area contributed by atoms with Gasteiger partial charge in [0.05, 0.1) is 11.6 Å². The molecule has 0 saturated carbocycles. The molecule has 4 nitrogen and oxygen atoms in total. The first kappa shape index (κ1) is 15.3. The van der Waals surface area contributed by atoms with Gasteiger partial charge in [-0.3, -0.25) is 4.79 Å². The van der Waals surface area contributed by atoms with Gasteiger partial charge in [0, 0.05) is 11.3 Å². The summed E-state index contributed by atoms with van der Waals surface area (Å²) in [5.41, 5.74) is 1.88. The summed E-state index contributed by atoms with van der Waals surface area (Å²) in [6.07, 6.45) is 0. The summed E-state index contributed by atoms with van der Waals surface area (Å²) in [5, 5.41) is 11.6. The average Bonchev–Trinajstić information content (AvgIpc) is 2.64. The van der Waals surface area contributed by atoms with Gasteiger partial charge >= 0.3 is 0 Å².